The molecular weight excluding hydrogens is 162 g/mol. The average molecular weight is 175 g/mol. The molecule has 0 bridgehead atoms. The molecule has 0 amide bonds. The zero-order chi connectivity index (χ0) is 9.90. The fourth-order valence-corrected chi connectivity index (χ4v) is 1.20. The lowest BCUT2D eigenvalue weighted by atomic mass is 9.94. The second-order valence-electron chi connectivity index (χ2n) is 3.63. The summed E-state index contributed by atoms with van der Waals surface area (Å²) in [6.07, 6.45) is 1.60. The molecule has 0 N–H and O–H groups in total. The van der Waals surface area contributed by atoms with E-state index in [0.717, 1.165) is 5.56 Å². The molecule has 0 atom stereocenters. The van der Waals surface area contributed by atoms with Gasteiger partial charge in [-0.1, -0.05) is 29.8 Å². The van der Waals surface area contributed by atoms with Crippen LogP contribution in [0.25, 0.3) is 0 Å². The van der Waals surface area contributed by atoms with E-state index < -0.39 is 5.54 Å². The van der Waals surface area contributed by atoms with Crippen LogP contribution in [0, 0.1) is 6.92 Å². The highest BCUT2D eigenvalue weighted by atomic mass is 16.1. The third kappa shape index (κ3) is 2.27. The summed E-state index contributed by atoms with van der Waals surface area (Å²) in [5.74, 6) is 0. The smallest absolute Gasteiger partial charge is 0.211 e. The van der Waals surface area contributed by atoms with Gasteiger partial charge in [0.25, 0.3) is 0 Å². The fourth-order valence-electron chi connectivity index (χ4n) is 1.20. The van der Waals surface area contributed by atoms with Crippen LogP contribution in [0.1, 0.15) is 25.0 Å². The lowest BCUT2D eigenvalue weighted by Gasteiger charge is -2.17. The Labute approximate surface area is 78.3 Å². The highest BCUT2D eigenvalue weighted by Crippen LogP contribution is 2.24. The van der Waals surface area contributed by atoms with Crippen molar-refractivity contribution in [2.45, 2.75) is 26.3 Å². The molecule has 0 fully saturated rings. The van der Waals surface area contributed by atoms with Crippen LogP contribution in [-0.4, -0.2) is 6.08 Å². The fraction of sp³-hybridized carbons (Fsp3) is 0.364. The molecule has 0 aliphatic heterocycles. The maximum Gasteiger partial charge on any atom is 0.235 e. The average Bonchev–Trinajstić information content (AvgIpc) is 2.04. The number of aryl methyl sites for hydroxylation is 1. The molecule has 1 aromatic carbocycles. The molecule has 1 rings (SSSR count). The summed E-state index contributed by atoms with van der Waals surface area (Å²) in [7, 11) is 0. The lowest BCUT2D eigenvalue weighted by Crippen LogP contribution is -2.13. The highest BCUT2D eigenvalue weighted by molar-refractivity contribution is 5.38. The number of benzene rings is 1. The molecule has 0 aliphatic carbocycles. The van der Waals surface area contributed by atoms with Crippen molar-refractivity contribution in [3.8, 4) is 0 Å². The lowest BCUT2D eigenvalue weighted by molar-refractivity contribution is 0.522. The summed E-state index contributed by atoms with van der Waals surface area (Å²) < 4.78 is 0. The molecule has 0 radical (unpaired) electrons. The van der Waals surface area contributed by atoms with Gasteiger partial charge in [0.15, 0.2) is 0 Å². The van der Waals surface area contributed by atoms with Gasteiger partial charge < -0.3 is 0 Å². The summed E-state index contributed by atoms with van der Waals surface area (Å²) >= 11 is 0. The van der Waals surface area contributed by atoms with E-state index in [0.29, 0.717) is 0 Å². The molecule has 0 aromatic heterocycles. The van der Waals surface area contributed by atoms with E-state index in [2.05, 4.69) is 4.99 Å². The standard InChI is InChI=1S/C11H13NO/c1-9-5-4-6-10(7-9)11(2,3)12-8-13/h4-7H,1-3H3. The molecule has 13 heavy (non-hydrogen) atoms. The number of hydrogen-bond donors (Lipinski definition) is 0. The zero-order valence-corrected chi connectivity index (χ0v) is 8.16. The Morgan fingerprint density at radius 2 is 2.08 bits per heavy atom. The highest BCUT2D eigenvalue weighted by Gasteiger charge is 2.18. The largest absolute Gasteiger partial charge is 0.235 e. The van der Waals surface area contributed by atoms with Gasteiger partial charge in [-0.15, -0.1) is 0 Å². The van der Waals surface area contributed by atoms with Gasteiger partial charge in [-0.05, 0) is 26.3 Å². The number of hydrogen-bond acceptors (Lipinski definition) is 2. The zero-order valence-electron chi connectivity index (χ0n) is 8.16. The first kappa shape index (κ1) is 9.69. The van der Waals surface area contributed by atoms with Crippen LogP contribution in [-0.2, 0) is 10.3 Å². The maximum absolute atomic E-state index is 10.2. The van der Waals surface area contributed by atoms with Crippen molar-refractivity contribution in [3.63, 3.8) is 0 Å². The second kappa shape index (κ2) is 3.55. The van der Waals surface area contributed by atoms with E-state index in [1.165, 1.54) is 5.56 Å². The SMILES string of the molecule is Cc1cccc(C(C)(C)N=C=O)c1. The van der Waals surface area contributed by atoms with Crippen molar-refractivity contribution >= 4 is 6.08 Å². The van der Waals surface area contributed by atoms with E-state index >= 15 is 0 Å². The first-order chi connectivity index (χ1) is 6.06. The van der Waals surface area contributed by atoms with Gasteiger partial charge >= 0.3 is 0 Å². The first-order valence-corrected chi connectivity index (χ1v) is 4.22. The quantitative estimate of drug-likeness (QED) is 0.501. The van der Waals surface area contributed by atoms with Gasteiger partial charge in [-0.2, -0.15) is 4.99 Å². The van der Waals surface area contributed by atoms with Gasteiger partial charge in [0.1, 0.15) is 0 Å². The monoisotopic (exact) mass is 175 g/mol. The number of carbonyl (C=O) groups excluding carboxylic acids is 1. The summed E-state index contributed by atoms with van der Waals surface area (Å²) in [4.78, 5) is 13.9. The molecule has 0 aliphatic rings. The number of rotatable bonds is 2. The summed E-state index contributed by atoms with van der Waals surface area (Å²) in [6, 6.07) is 7.98. The van der Waals surface area contributed by atoms with Gasteiger partial charge in [0.05, 0.1) is 5.54 Å². The Morgan fingerprint density at radius 3 is 2.62 bits per heavy atom. The molecule has 2 heteroatoms. The molecule has 0 heterocycles. The van der Waals surface area contributed by atoms with E-state index in [1.54, 1.807) is 6.08 Å². The summed E-state index contributed by atoms with van der Waals surface area (Å²) in [6.45, 7) is 5.81. The van der Waals surface area contributed by atoms with Crippen LogP contribution in [0.3, 0.4) is 0 Å². The Kier molecular flexibility index (Phi) is 2.64. The molecule has 0 saturated carbocycles. The maximum atomic E-state index is 10.2. The second-order valence-corrected chi connectivity index (χ2v) is 3.63. The first-order valence-electron chi connectivity index (χ1n) is 4.22. The third-order valence-corrected chi connectivity index (χ3v) is 2.05. The minimum atomic E-state index is -0.465. The van der Waals surface area contributed by atoms with Crippen molar-refractivity contribution in [2.24, 2.45) is 4.99 Å². The minimum Gasteiger partial charge on any atom is -0.211 e. The van der Waals surface area contributed by atoms with Crippen molar-refractivity contribution in [3.05, 3.63) is 35.4 Å². The Morgan fingerprint density at radius 1 is 1.38 bits per heavy atom. The van der Waals surface area contributed by atoms with Crippen LogP contribution in [0.2, 0.25) is 0 Å². The molecule has 0 saturated heterocycles. The van der Waals surface area contributed by atoms with Crippen LogP contribution in [0.4, 0.5) is 0 Å². The van der Waals surface area contributed by atoms with Gasteiger partial charge in [-0.3, -0.25) is 0 Å². The van der Waals surface area contributed by atoms with Crippen LogP contribution < -0.4 is 0 Å². The van der Waals surface area contributed by atoms with E-state index in [1.807, 2.05) is 45.0 Å². The molecule has 2 nitrogen and oxygen atoms in total. The van der Waals surface area contributed by atoms with Gasteiger partial charge in [-0.25, -0.2) is 4.79 Å². The predicted octanol–water partition coefficient (Wildman–Crippen LogP) is 2.57. The summed E-state index contributed by atoms with van der Waals surface area (Å²) in [5, 5.41) is 0. The van der Waals surface area contributed by atoms with E-state index in [-0.39, 0.29) is 0 Å². The minimum absolute atomic E-state index is 0.465. The van der Waals surface area contributed by atoms with Crippen LogP contribution in [0.5, 0.6) is 0 Å². The molecule has 1 aromatic rings. The Bertz CT molecular complexity index is 349. The summed E-state index contributed by atoms with van der Waals surface area (Å²) in [5.41, 5.74) is 1.75. The topological polar surface area (TPSA) is 29.4 Å². The third-order valence-electron chi connectivity index (χ3n) is 2.05. The normalized spacial score (nSPS) is 10.7. The predicted molar refractivity (Wildman–Crippen MR) is 52.3 cm³/mol. The van der Waals surface area contributed by atoms with Crippen molar-refractivity contribution in [1.29, 1.82) is 0 Å². The number of nitrogens with zero attached hydrogens (tertiary/aromatic N) is 1. The van der Waals surface area contributed by atoms with Crippen LogP contribution >= 0.6 is 0 Å². The Balaban J connectivity index is 3.13. The van der Waals surface area contributed by atoms with Crippen LogP contribution in [0.15, 0.2) is 29.3 Å². The molecular formula is C11H13NO. The van der Waals surface area contributed by atoms with Gasteiger partial charge in [0.2, 0.25) is 6.08 Å². The van der Waals surface area contributed by atoms with Crippen molar-refractivity contribution in [2.75, 3.05) is 0 Å². The van der Waals surface area contributed by atoms with Crippen molar-refractivity contribution in [1.82, 2.24) is 0 Å². The Hall–Kier alpha value is -1.40. The van der Waals surface area contributed by atoms with E-state index in [4.69, 9.17) is 0 Å². The van der Waals surface area contributed by atoms with E-state index in [9.17, 15) is 4.79 Å². The number of isocyanates is 1. The number of aliphatic imine (C=N–C) groups is 1. The molecule has 0 spiro atoms. The van der Waals surface area contributed by atoms with Crippen molar-refractivity contribution < 1.29 is 4.79 Å². The molecule has 68 valence electrons. The molecule has 0 unspecified atom stereocenters. The van der Waals surface area contributed by atoms with Gasteiger partial charge in [0, 0.05) is 0 Å².